The maximum atomic E-state index is 11.2. The maximum absolute atomic E-state index is 11.2. The number of hydrogen-bond acceptors (Lipinski definition) is 3. The molecule has 0 fully saturated rings. The summed E-state index contributed by atoms with van der Waals surface area (Å²) in [6, 6.07) is 6.96. The number of nitrogen functional groups attached to an aromatic ring is 1. The fraction of sp³-hybridized carbons (Fsp3) is 0.286. The maximum Gasteiger partial charge on any atom is 0.326 e. The summed E-state index contributed by atoms with van der Waals surface area (Å²) in [5, 5.41) is 9.24. The largest absolute Gasteiger partial charge is 0.480 e. The number of hydrogen-bond donors (Lipinski definition) is 2. The van der Waals surface area contributed by atoms with Gasteiger partial charge < -0.3 is 15.4 Å². The Balaban J connectivity index is 2.02. The third-order valence-electron chi connectivity index (χ3n) is 3.51. The van der Waals surface area contributed by atoms with Crippen molar-refractivity contribution in [2.75, 3.05) is 5.73 Å². The van der Waals surface area contributed by atoms with E-state index in [1.807, 2.05) is 30.5 Å². The van der Waals surface area contributed by atoms with Crippen molar-refractivity contribution in [3.8, 4) is 11.3 Å². The van der Waals surface area contributed by atoms with Crippen molar-refractivity contribution in [2.45, 2.75) is 25.3 Å². The highest BCUT2D eigenvalue weighted by Crippen LogP contribution is 2.28. The lowest BCUT2D eigenvalue weighted by molar-refractivity contribution is -0.141. The average Bonchev–Trinajstić information content (AvgIpc) is 2.82. The molecule has 1 aliphatic heterocycles. The number of fused-ring (bicyclic) bond motifs is 1. The zero-order valence-corrected chi connectivity index (χ0v) is 10.4. The first-order chi connectivity index (χ1) is 9.15. The van der Waals surface area contributed by atoms with Crippen LogP contribution < -0.4 is 5.73 Å². The van der Waals surface area contributed by atoms with Gasteiger partial charge in [-0.05, 0) is 25.0 Å². The Labute approximate surface area is 110 Å². The van der Waals surface area contributed by atoms with E-state index in [-0.39, 0.29) is 0 Å². The van der Waals surface area contributed by atoms with E-state index in [2.05, 4.69) is 4.98 Å². The molecular formula is C14H15N3O2. The Morgan fingerprint density at radius 2 is 2.11 bits per heavy atom. The molecule has 0 bridgehead atoms. The van der Waals surface area contributed by atoms with Gasteiger partial charge in [0.2, 0.25) is 0 Å². The van der Waals surface area contributed by atoms with E-state index in [1.54, 1.807) is 4.57 Å². The van der Waals surface area contributed by atoms with E-state index in [0.29, 0.717) is 12.1 Å². The predicted octanol–water partition coefficient (Wildman–Crippen LogP) is 2.09. The quantitative estimate of drug-likeness (QED) is 0.807. The Morgan fingerprint density at radius 1 is 1.37 bits per heavy atom. The molecule has 5 heteroatoms. The van der Waals surface area contributed by atoms with Gasteiger partial charge in [-0.25, -0.2) is 9.78 Å². The lowest BCUT2D eigenvalue weighted by atomic mass is 10.1. The Hall–Kier alpha value is -2.30. The number of benzene rings is 1. The van der Waals surface area contributed by atoms with E-state index >= 15 is 0 Å². The first-order valence-corrected chi connectivity index (χ1v) is 6.31. The number of nitrogens with two attached hydrogens (primary N) is 1. The van der Waals surface area contributed by atoms with E-state index in [1.165, 1.54) is 0 Å². The summed E-state index contributed by atoms with van der Waals surface area (Å²) in [5.74, 6) is 0.0627. The number of aromatic nitrogens is 2. The molecule has 0 radical (unpaired) electrons. The molecular weight excluding hydrogens is 242 g/mol. The zero-order valence-electron chi connectivity index (χ0n) is 10.4. The molecule has 0 amide bonds. The second kappa shape index (κ2) is 4.42. The number of carboxylic acid groups (broad SMARTS) is 1. The SMILES string of the molecule is Nc1ccc(-c2cn3c(n2)CCCC3C(=O)O)cc1. The van der Waals surface area contributed by atoms with Crippen molar-refractivity contribution in [1.29, 1.82) is 0 Å². The highest BCUT2D eigenvalue weighted by atomic mass is 16.4. The van der Waals surface area contributed by atoms with Crippen LogP contribution in [-0.4, -0.2) is 20.6 Å². The molecule has 1 atom stereocenters. The van der Waals surface area contributed by atoms with Crippen molar-refractivity contribution in [2.24, 2.45) is 0 Å². The van der Waals surface area contributed by atoms with Crippen LogP contribution in [0.15, 0.2) is 30.5 Å². The number of aryl methyl sites for hydroxylation is 1. The molecule has 3 N–H and O–H groups in total. The number of aliphatic carboxylic acids is 1. The second-order valence-corrected chi connectivity index (χ2v) is 4.82. The molecule has 2 aromatic rings. The van der Waals surface area contributed by atoms with Crippen molar-refractivity contribution in [3.05, 3.63) is 36.3 Å². The third kappa shape index (κ3) is 2.07. The number of carbonyl (C=O) groups is 1. The molecule has 2 heterocycles. The van der Waals surface area contributed by atoms with Crippen LogP contribution in [0.3, 0.4) is 0 Å². The molecule has 98 valence electrons. The van der Waals surface area contributed by atoms with Crippen LogP contribution in [0.25, 0.3) is 11.3 Å². The fourth-order valence-electron chi connectivity index (χ4n) is 2.51. The highest BCUT2D eigenvalue weighted by molar-refractivity contribution is 5.72. The molecule has 19 heavy (non-hydrogen) atoms. The van der Waals surface area contributed by atoms with Crippen LogP contribution in [0.4, 0.5) is 5.69 Å². The van der Waals surface area contributed by atoms with Gasteiger partial charge in [-0.15, -0.1) is 0 Å². The molecule has 0 spiro atoms. The van der Waals surface area contributed by atoms with Gasteiger partial charge in [-0.1, -0.05) is 12.1 Å². The van der Waals surface area contributed by atoms with Gasteiger partial charge in [0.1, 0.15) is 11.9 Å². The standard InChI is InChI=1S/C14H15N3O2/c15-10-6-4-9(5-7-10)11-8-17-12(14(18)19)2-1-3-13(17)16-11/h4-8,12H,1-3,15H2,(H,18,19). The first kappa shape index (κ1) is 11.8. The summed E-state index contributed by atoms with van der Waals surface area (Å²) < 4.78 is 1.79. The Kier molecular flexibility index (Phi) is 2.74. The van der Waals surface area contributed by atoms with Crippen LogP contribution in [0, 0.1) is 0 Å². The first-order valence-electron chi connectivity index (χ1n) is 6.31. The number of anilines is 1. The average molecular weight is 257 g/mol. The monoisotopic (exact) mass is 257 g/mol. The minimum Gasteiger partial charge on any atom is -0.480 e. The minimum atomic E-state index is -0.790. The van der Waals surface area contributed by atoms with E-state index in [4.69, 9.17) is 5.73 Å². The molecule has 1 aromatic carbocycles. The molecule has 0 saturated carbocycles. The molecule has 0 aliphatic carbocycles. The van der Waals surface area contributed by atoms with Crippen LogP contribution in [0.5, 0.6) is 0 Å². The lowest BCUT2D eigenvalue weighted by Gasteiger charge is -2.20. The van der Waals surface area contributed by atoms with Crippen molar-refractivity contribution in [1.82, 2.24) is 9.55 Å². The van der Waals surface area contributed by atoms with E-state index in [9.17, 15) is 9.90 Å². The zero-order chi connectivity index (χ0) is 13.4. The van der Waals surface area contributed by atoms with E-state index in [0.717, 1.165) is 29.9 Å². The lowest BCUT2D eigenvalue weighted by Crippen LogP contribution is -2.24. The molecule has 5 nitrogen and oxygen atoms in total. The summed E-state index contributed by atoms with van der Waals surface area (Å²) >= 11 is 0. The topological polar surface area (TPSA) is 81.1 Å². The van der Waals surface area contributed by atoms with Crippen molar-refractivity contribution < 1.29 is 9.90 Å². The van der Waals surface area contributed by atoms with Crippen LogP contribution >= 0.6 is 0 Å². The van der Waals surface area contributed by atoms with Crippen LogP contribution in [0.2, 0.25) is 0 Å². The number of nitrogens with zero attached hydrogens (tertiary/aromatic N) is 2. The summed E-state index contributed by atoms with van der Waals surface area (Å²) in [6.45, 7) is 0. The van der Waals surface area contributed by atoms with Gasteiger partial charge >= 0.3 is 5.97 Å². The Bertz CT molecular complexity index is 616. The van der Waals surface area contributed by atoms with Gasteiger partial charge in [-0.2, -0.15) is 0 Å². The van der Waals surface area contributed by atoms with Crippen molar-refractivity contribution >= 4 is 11.7 Å². The fourth-order valence-corrected chi connectivity index (χ4v) is 2.51. The molecule has 3 rings (SSSR count). The van der Waals surface area contributed by atoms with E-state index < -0.39 is 12.0 Å². The molecule has 1 aromatic heterocycles. The predicted molar refractivity (Wildman–Crippen MR) is 71.7 cm³/mol. The Morgan fingerprint density at radius 3 is 2.79 bits per heavy atom. The number of rotatable bonds is 2. The summed E-state index contributed by atoms with van der Waals surface area (Å²) in [6.07, 6.45) is 4.20. The second-order valence-electron chi connectivity index (χ2n) is 4.82. The minimum absolute atomic E-state index is 0.487. The number of imidazole rings is 1. The highest BCUT2D eigenvalue weighted by Gasteiger charge is 2.27. The van der Waals surface area contributed by atoms with Gasteiger partial charge in [-0.3, -0.25) is 0 Å². The molecule has 1 unspecified atom stereocenters. The van der Waals surface area contributed by atoms with Crippen LogP contribution in [-0.2, 0) is 11.2 Å². The van der Waals surface area contributed by atoms with Crippen LogP contribution in [0.1, 0.15) is 24.7 Å². The normalized spacial score (nSPS) is 18.0. The van der Waals surface area contributed by atoms with Gasteiger partial charge in [0.05, 0.1) is 5.69 Å². The smallest absolute Gasteiger partial charge is 0.326 e. The summed E-state index contributed by atoms with van der Waals surface area (Å²) in [5.41, 5.74) is 8.13. The number of carboxylic acids is 1. The van der Waals surface area contributed by atoms with Gasteiger partial charge in [0, 0.05) is 23.9 Å². The van der Waals surface area contributed by atoms with Gasteiger partial charge in [0.25, 0.3) is 0 Å². The molecule has 0 saturated heterocycles. The van der Waals surface area contributed by atoms with Gasteiger partial charge in [0.15, 0.2) is 0 Å². The summed E-state index contributed by atoms with van der Waals surface area (Å²) in [4.78, 5) is 15.8. The van der Waals surface area contributed by atoms with Crippen molar-refractivity contribution in [3.63, 3.8) is 0 Å². The molecule has 1 aliphatic rings. The third-order valence-corrected chi connectivity index (χ3v) is 3.51. The summed E-state index contributed by atoms with van der Waals surface area (Å²) in [7, 11) is 0.